The maximum atomic E-state index is 12.9. The molecule has 1 amide bonds. The number of hydrogen-bond acceptors (Lipinski definition) is 4. The normalized spacial score (nSPS) is 12.4. The first-order valence-corrected chi connectivity index (χ1v) is 11.0. The van der Waals surface area contributed by atoms with Crippen LogP contribution >= 0.6 is 0 Å². The highest BCUT2D eigenvalue weighted by molar-refractivity contribution is 5.81. The Morgan fingerprint density at radius 1 is 0.794 bits per heavy atom. The lowest BCUT2D eigenvalue weighted by molar-refractivity contribution is -0.146. The summed E-state index contributed by atoms with van der Waals surface area (Å²) in [7, 11) is 0. The first-order valence-electron chi connectivity index (χ1n) is 11.0. The van der Waals surface area contributed by atoms with E-state index in [0.717, 1.165) is 16.7 Å². The summed E-state index contributed by atoms with van der Waals surface area (Å²) in [4.78, 5) is 35.6. The van der Waals surface area contributed by atoms with Crippen LogP contribution in [0.25, 0.3) is 11.1 Å². The third kappa shape index (κ3) is 7.48. The predicted molar refractivity (Wildman–Crippen MR) is 127 cm³/mol. The van der Waals surface area contributed by atoms with Gasteiger partial charge in [0.15, 0.2) is 6.10 Å². The zero-order valence-corrected chi connectivity index (χ0v) is 18.6. The quantitative estimate of drug-likeness (QED) is 0.375. The Balaban J connectivity index is 1.76. The third-order valence-corrected chi connectivity index (χ3v) is 5.35. The molecule has 0 fully saturated rings. The molecule has 3 aromatic rings. The van der Waals surface area contributed by atoms with Crippen molar-refractivity contribution < 1.29 is 29.3 Å². The second-order valence-corrected chi connectivity index (χ2v) is 7.89. The summed E-state index contributed by atoms with van der Waals surface area (Å²) in [5.41, 5.74) is 2.96. The molecular formula is C27H27NO6. The summed E-state index contributed by atoms with van der Waals surface area (Å²) in [6, 6.07) is 26.2. The number of carbonyl (C=O) groups excluding carboxylic acids is 1. The Morgan fingerprint density at radius 3 is 1.97 bits per heavy atom. The highest BCUT2D eigenvalue weighted by atomic mass is 16.5. The standard InChI is InChI=1S/C27H27NO6/c29-25(30)15-16-28-26(31)22(18-24(27(32)33)34-23-9-5-2-6-10-23)17-19-11-13-21(14-12-19)20-7-3-1-4-8-20/h1-14,22,24H,15-18H2,(H,28,31)(H,29,30)(H,32,33)/t22-,24-/m0/s1. The molecule has 0 bridgehead atoms. The van der Waals surface area contributed by atoms with Crippen molar-refractivity contribution >= 4 is 17.8 Å². The molecule has 0 aliphatic rings. The van der Waals surface area contributed by atoms with Crippen molar-refractivity contribution in [2.45, 2.75) is 25.4 Å². The number of ether oxygens (including phenoxy) is 1. The summed E-state index contributed by atoms with van der Waals surface area (Å²) in [5.74, 6) is -2.93. The van der Waals surface area contributed by atoms with Crippen LogP contribution in [0.15, 0.2) is 84.9 Å². The van der Waals surface area contributed by atoms with Crippen molar-refractivity contribution in [3.63, 3.8) is 0 Å². The average molecular weight is 462 g/mol. The molecule has 3 rings (SSSR count). The molecule has 34 heavy (non-hydrogen) atoms. The lowest BCUT2D eigenvalue weighted by atomic mass is 9.91. The van der Waals surface area contributed by atoms with Crippen LogP contribution in [-0.2, 0) is 20.8 Å². The van der Waals surface area contributed by atoms with Gasteiger partial charge in [-0.05, 0) is 35.2 Å². The minimum absolute atomic E-state index is 0.0328. The molecule has 7 heteroatoms. The Bertz CT molecular complexity index is 1080. The van der Waals surface area contributed by atoms with E-state index in [1.165, 1.54) is 0 Å². The number of benzene rings is 3. The molecule has 0 aliphatic carbocycles. The van der Waals surface area contributed by atoms with Crippen LogP contribution < -0.4 is 10.1 Å². The van der Waals surface area contributed by atoms with E-state index in [9.17, 15) is 19.5 Å². The van der Waals surface area contributed by atoms with E-state index in [4.69, 9.17) is 9.84 Å². The minimum atomic E-state index is -1.23. The molecule has 7 nitrogen and oxygen atoms in total. The SMILES string of the molecule is O=C(O)CCNC(=O)[C@@H](Cc1ccc(-c2ccccc2)cc1)C[C@H](Oc1ccccc1)C(=O)O. The van der Waals surface area contributed by atoms with Crippen LogP contribution in [0.3, 0.4) is 0 Å². The van der Waals surface area contributed by atoms with Gasteiger partial charge in [0.1, 0.15) is 5.75 Å². The van der Waals surface area contributed by atoms with Crippen molar-refractivity contribution in [1.29, 1.82) is 0 Å². The van der Waals surface area contributed by atoms with Crippen molar-refractivity contribution in [2.24, 2.45) is 5.92 Å². The lowest BCUT2D eigenvalue weighted by Crippen LogP contribution is -2.38. The van der Waals surface area contributed by atoms with Gasteiger partial charge in [0.2, 0.25) is 5.91 Å². The van der Waals surface area contributed by atoms with Crippen LogP contribution in [0.4, 0.5) is 0 Å². The molecule has 3 N–H and O–H groups in total. The number of amides is 1. The zero-order valence-electron chi connectivity index (χ0n) is 18.6. The van der Waals surface area contributed by atoms with Gasteiger partial charge in [-0.2, -0.15) is 0 Å². The summed E-state index contributed by atoms with van der Waals surface area (Å²) >= 11 is 0. The van der Waals surface area contributed by atoms with Crippen LogP contribution in [0.1, 0.15) is 18.4 Å². The van der Waals surface area contributed by atoms with Crippen LogP contribution in [0.5, 0.6) is 5.75 Å². The van der Waals surface area contributed by atoms with Crippen LogP contribution in [-0.4, -0.2) is 40.7 Å². The molecule has 0 aliphatic heterocycles. The Kier molecular flexibility index (Phi) is 8.80. The molecular weight excluding hydrogens is 434 g/mol. The molecule has 0 saturated carbocycles. The van der Waals surface area contributed by atoms with Gasteiger partial charge >= 0.3 is 11.9 Å². The highest BCUT2D eigenvalue weighted by Gasteiger charge is 2.29. The monoisotopic (exact) mass is 461 g/mol. The van der Waals surface area contributed by atoms with Gasteiger partial charge in [0.05, 0.1) is 6.42 Å². The summed E-state index contributed by atoms with van der Waals surface area (Å²) < 4.78 is 5.64. The first kappa shape index (κ1) is 24.5. The maximum Gasteiger partial charge on any atom is 0.344 e. The van der Waals surface area contributed by atoms with E-state index in [-0.39, 0.29) is 25.8 Å². The molecule has 0 unspecified atom stereocenters. The van der Waals surface area contributed by atoms with Crippen molar-refractivity contribution in [3.05, 3.63) is 90.5 Å². The van der Waals surface area contributed by atoms with E-state index in [1.54, 1.807) is 30.3 Å². The van der Waals surface area contributed by atoms with Gasteiger partial charge in [-0.15, -0.1) is 0 Å². The summed E-state index contributed by atoms with van der Waals surface area (Å²) in [6.07, 6.45) is -1.23. The fourth-order valence-electron chi connectivity index (χ4n) is 3.59. The average Bonchev–Trinajstić information content (AvgIpc) is 2.84. The molecule has 3 aromatic carbocycles. The van der Waals surface area contributed by atoms with E-state index in [1.807, 2.05) is 54.6 Å². The Labute approximate surface area is 198 Å². The Morgan fingerprint density at radius 2 is 1.38 bits per heavy atom. The largest absolute Gasteiger partial charge is 0.481 e. The first-order chi connectivity index (χ1) is 16.4. The zero-order chi connectivity index (χ0) is 24.3. The van der Waals surface area contributed by atoms with Gasteiger partial charge in [-0.1, -0.05) is 72.8 Å². The highest BCUT2D eigenvalue weighted by Crippen LogP contribution is 2.23. The molecule has 2 atom stereocenters. The number of carboxylic acids is 2. The van der Waals surface area contributed by atoms with E-state index >= 15 is 0 Å². The molecule has 0 radical (unpaired) electrons. The fourth-order valence-corrected chi connectivity index (χ4v) is 3.59. The van der Waals surface area contributed by atoms with E-state index in [2.05, 4.69) is 5.32 Å². The third-order valence-electron chi connectivity index (χ3n) is 5.35. The molecule has 0 spiro atoms. The molecule has 0 saturated heterocycles. The lowest BCUT2D eigenvalue weighted by Gasteiger charge is -2.22. The number of carboxylic acid groups (broad SMARTS) is 2. The number of rotatable bonds is 12. The number of carbonyl (C=O) groups is 3. The smallest absolute Gasteiger partial charge is 0.344 e. The van der Waals surface area contributed by atoms with Crippen molar-refractivity contribution in [2.75, 3.05) is 6.54 Å². The van der Waals surface area contributed by atoms with Gasteiger partial charge in [-0.3, -0.25) is 9.59 Å². The second-order valence-electron chi connectivity index (χ2n) is 7.89. The van der Waals surface area contributed by atoms with E-state index in [0.29, 0.717) is 5.75 Å². The van der Waals surface area contributed by atoms with Crippen LogP contribution in [0, 0.1) is 5.92 Å². The topological polar surface area (TPSA) is 113 Å². The number of nitrogens with one attached hydrogen (secondary N) is 1. The molecule has 0 aromatic heterocycles. The van der Waals surface area contributed by atoms with Gasteiger partial charge in [-0.25, -0.2) is 4.79 Å². The van der Waals surface area contributed by atoms with Crippen LogP contribution in [0.2, 0.25) is 0 Å². The Hall–Kier alpha value is -4.13. The van der Waals surface area contributed by atoms with E-state index < -0.39 is 29.9 Å². The summed E-state index contributed by atoms with van der Waals surface area (Å²) in [6.45, 7) is -0.0328. The van der Waals surface area contributed by atoms with Crippen molar-refractivity contribution in [3.8, 4) is 16.9 Å². The van der Waals surface area contributed by atoms with Gasteiger partial charge < -0.3 is 20.3 Å². The minimum Gasteiger partial charge on any atom is -0.481 e. The van der Waals surface area contributed by atoms with Crippen molar-refractivity contribution in [1.82, 2.24) is 5.32 Å². The molecule has 0 heterocycles. The second kappa shape index (κ2) is 12.2. The van der Waals surface area contributed by atoms with Gasteiger partial charge in [0.25, 0.3) is 0 Å². The number of para-hydroxylation sites is 1. The molecule has 176 valence electrons. The summed E-state index contributed by atoms with van der Waals surface area (Å²) in [5, 5.41) is 21.2. The maximum absolute atomic E-state index is 12.9. The number of aliphatic carboxylic acids is 2. The number of hydrogen-bond donors (Lipinski definition) is 3. The predicted octanol–water partition coefficient (Wildman–Crippen LogP) is 4.03. The van der Waals surface area contributed by atoms with Gasteiger partial charge in [0, 0.05) is 18.9 Å². The fraction of sp³-hybridized carbons (Fsp3) is 0.222.